The molecule has 0 unspecified atom stereocenters. The van der Waals surface area contributed by atoms with Crippen LogP contribution in [0.25, 0.3) is 0 Å². The van der Waals surface area contributed by atoms with E-state index in [0.29, 0.717) is 6.42 Å². The Bertz CT molecular complexity index is 242. The summed E-state index contributed by atoms with van der Waals surface area (Å²) in [7, 11) is 0. The Morgan fingerprint density at radius 1 is 1.29 bits per heavy atom. The number of carbonyl (C=O) groups excluding carboxylic acids is 1. The summed E-state index contributed by atoms with van der Waals surface area (Å²) in [5.41, 5.74) is 0.261. The molecule has 100 valence electrons. The highest BCUT2D eigenvalue weighted by molar-refractivity contribution is 5.75. The van der Waals surface area contributed by atoms with Gasteiger partial charge in [0.25, 0.3) is 0 Å². The molecule has 2 atom stereocenters. The van der Waals surface area contributed by atoms with E-state index >= 15 is 0 Å². The molecule has 0 saturated heterocycles. The third kappa shape index (κ3) is 6.70. The summed E-state index contributed by atoms with van der Waals surface area (Å²) in [4.78, 5) is 11.7. The molecule has 0 bridgehead atoms. The predicted molar refractivity (Wildman–Crippen MR) is 72.8 cm³/mol. The van der Waals surface area contributed by atoms with Gasteiger partial charge in [0.15, 0.2) is 0 Å². The summed E-state index contributed by atoms with van der Waals surface area (Å²) in [5, 5.41) is 3.11. The van der Waals surface area contributed by atoms with Gasteiger partial charge >= 0.3 is 0 Å². The minimum Gasteiger partial charge on any atom is -0.356 e. The van der Waals surface area contributed by atoms with Crippen molar-refractivity contribution in [3.63, 3.8) is 0 Å². The fraction of sp³-hybridized carbons (Fsp3) is 0.933. The molecule has 0 heterocycles. The van der Waals surface area contributed by atoms with E-state index in [2.05, 4.69) is 33.0 Å². The van der Waals surface area contributed by atoms with Gasteiger partial charge in [0.2, 0.25) is 5.91 Å². The van der Waals surface area contributed by atoms with E-state index in [0.717, 1.165) is 24.8 Å². The van der Waals surface area contributed by atoms with Gasteiger partial charge in [0.1, 0.15) is 0 Å². The van der Waals surface area contributed by atoms with Crippen LogP contribution in [0.2, 0.25) is 0 Å². The van der Waals surface area contributed by atoms with Gasteiger partial charge in [-0.2, -0.15) is 0 Å². The zero-order valence-electron chi connectivity index (χ0n) is 12.0. The van der Waals surface area contributed by atoms with Crippen LogP contribution in [0.3, 0.4) is 0 Å². The summed E-state index contributed by atoms with van der Waals surface area (Å²) in [5.74, 6) is 1.80. The van der Waals surface area contributed by atoms with Gasteiger partial charge < -0.3 is 5.32 Å². The molecule has 1 amide bonds. The maximum Gasteiger partial charge on any atom is 0.220 e. The van der Waals surface area contributed by atoms with E-state index < -0.39 is 0 Å². The molecule has 0 aromatic heterocycles. The van der Waals surface area contributed by atoms with Crippen LogP contribution in [0, 0.1) is 17.3 Å². The summed E-state index contributed by atoms with van der Waals surface area (Å²) < 4.78 is 0. The van der Waals surface area contributed by atoms with E-state index in [1.807, 2.05) is 0 Å². The molecule has 1 aliphatic carbocycles. The third-order valence-corrected chi connectivity index (χ3v) is 3.73. The van der Waals surface area contributed by atoms with Gasteiger partial charge in [0.05, 0.1) is 0 Å². The molecular formula is C15H29NO. The fourth-order valence-corrected chi connectivity index (χ4v) is 2.58. The van der Waals surface area contributed by atoms with Crippen LogP contribution < -0.4 is 5.32 Å². The first kappa shape index (κ1) is 14.5. The van der Waals surface area contributed by atoms with Crippen molar-refractivity contribution in [3.05, 3.63) is 0 Å². The largest absolute Gasteiger partial charge is 0.356 e. The van der Waals surface area contributed by atoms with Gasteiger partial charge in [-0.25, -0.2) is 0 Å². The number of rotatable bonds is 4. The average Bonchev–Trinajstić information content (AvgIpc) is 2.23. The minimum atomic E-state index is 0.234. The Hall–Kier alpha value is -0.530. The second kappa shape index (κ2) is 6.42. The molecule has 1 fully saturated rings. The summed E-state index contributed by atoms with van der Waals surface area (Å²) in [6.07, 6.45) is 6.94. The van der Waals surface area contributed by atoms with Gasteiger partial charge in [-0.3, -0.25) is 4.79 Å². The van der Waals surface area contributed by atoms with E-state index in [1.165, 1.54) is 25.7 Å². The molecular weight excluding hydrogens is 210 g/mol. The lowest BCUT2D eigenvalue weighted by Gasteiger charge is -2.27. The van der Waals surface area contributed by atoms with Gasteiger partial charge in [0, 0.05) is 13.0 Å². The smallest absolute Gasteiger partial charge is 0.220 e. The van der Waals surface area contributed by atoms with Crippen molar-refractivity contribution in [2.75, 3.05) is 6.54 Å². The first-order chi connectivity index (χ1) is 7.87. The Morgan fingerprint density at radius 3 is 2.59 bits per heavy atom. The number of nitrogens with one attached hydrogen (secondary N) is 1. The molecule has 1 N–H and O–H groups in total. The lowest BCUT2D eigenvalue weighted by Crippen LogP contribution is -2.31. The van der Waals surface area contributed by atoms with Crippen LogP contribution in [0.4, 0.5) is 0 Å². The minimum absolute atomic E-state index is 0.234. The quantitative estimate of drug-likeness (QED) is 0.795. The maximum absolute atomic E-state index is 11.7. The van der Waals surface area contributed by atoms with Crippen LogP contribution in [0.5, 0.6) is 0 Å². The summed E-state index contributed by atoms with van der Waals surface area (Å²) in [6.45, 7) is 9.77. The Labute approximate surface area is 107 Å². The standard InChI is InChI=1S/C15H29NO/c1-12-6-5-7-13(10-12)11-16-14(17)8-9-15(2,3)4/h12-13H,5-11H2,1-4H3,(H,16,17)/t12-,13-/m1/s1. The number of hydrogen-bond donors (Lipinski definition) is 1. The molecule has 1 aliphatic rings. The molecule has 0 aromatic rings. The predicted octanol–water partition coefficient (Wildman–Crippen LogP) is 3.76. The third-order valence-electron chi connectivity index (χ3n) is 3.73. The normalized spacial score (nSPS) is 25.6. The van der Waals surface area contributed by atoms with Crippen molar-refractivity contribution in [1.29, 1.82) is 0 Å². The summed E-state index contributed by atoms with van der Waals surface area (Å²) in [6, 6.07) is 0. The van der Waals surface area contributed by atoms with Gasteiger partial charge in [-0.1, -0.05) is 40.5 Å². The highest BCUT2D eigenvalue weighted by Gasteiger charge is 2.19. The lowest BCUT2D eigenvalue weighted by atomic mass is 9.82. The fourth-order valence-electron chi connectivity index (χ4n) is 2.58. The first-order valence-electron chi connectivity index (χ1n) is 7.13. The van der Waals surface area contributed by atoms with Gasteiger partial charge in [-0.15, -0.1) is 0 Å². The second-order valence-corrected chi connectivity index (χ2v) is 7.00. The van der Waals surface area contributed by atoms with Crippen LogP contribution in [0.1, 0.15) is 66.2 Å². The van der Waals surface area contributed by atoms with Crippen molar-refractivity contribution in [2.45, 2.75) is 66.2 Å². The Balaban J connectivity index is 2.15. The SMILES string of the molecule is C[C@@H]1CCC[C@@H](CNC(=O)CCC(C)(C)C)C1. The van der Waals surface area contributed by atoms with Crippen molar-refractivity contribution in [1.82, 2.24) is 5.32 Å². The molecule has 0 aromatic carbocycles. The zero-order valence-corrected chi connectivity index (χ0v) is 12.0. The first-order valence-corrected chi connectivity index (χ1v) is 7.13. The number of hydrogen-bond acceptors (Lipinski definition) is 1. The Kier molecular flexibility index (Phi) is 5.48. The number of carbonyl (C=O) groups is 1. The van der Waals surface area contributed by atoms with E-state index in [-0.39, 0.29) is 11.3 Å². The molecule has 17 heavy (non-hydrogen) atoms. The zero-order chi connectivity index (χ0) is 12.9. The topological polar surface area (TPSA) is 29.1 Å². The molecule has 0 aliphatic heterocycles. The van der Waals surface area contributed by atoms with E-state index in [1.54, 1.807) is 0 Å². The van der Waals surface area contributed by atoms with Crippen LogP contribution in [0.15, 0.2) is 0 Å². The highest BCUT2D eigenvalue weighted by atomic mass is 16.1. The van der Waals surface area contributed by atoms with Crippen LogP contribution in [-0.4, -0.2) is 12.5 Å². The van der Waals surface area contributed by atoms with Crippen LogP contribution in [-0.2, 0) is 4.79 Å². The monoisotopic (exact) mass is 239 g/mol. The molecule has 2 nitrogen and oxygen atoms in total. The molecule has 1 rings (SSSR count). The van der Waals surface area contributed by atoms with Crippen molar-refractivity contribution < 1.29 is 4.79 Å². The summed E-state index contributed by atoms with van der Waals surface area (Å²) >= 11 is 0. The van der Waals surface area contributed by atoms with Crippen molar-refractivity contribution in [3.8, 4) is 0 Å². The number of amides is 1. The molecule has 0 spiro atoms. The van der Waals surface area contributed by atoms with Crippen molar-refractivity contribution >= 4 is 5.91 Å². The molecule has 0 radical (unpaired) electrons. The van der Waals surface area contributed by atoms with Crippen molar-refractivity contribution in [2.24, 2.45) is 17.3 Å². The van der Waals surface area contributed by atoms with Crippen LogP contribution >= 0.6 is 0 Å². The lowest BCUT2D eigenvalue weighted by molar-refractivity contribution is -0.121. The van der Waals surface area contributed by atoms with Gasteiger partial charge in [-0.05, 0) is 36.5 Å². The van der Waals surface area contributed by atoms with E-state index in [4.69, 9.17) is 0 Å². The maximum atomic E-state index is 11.7. The second-order valence-electron chi connectivity index (χ2n) is 7.00. The Morgan fingerprint density at radius 2 is 2.00 bits per heavy atom. The average molecular weight is 239 g/mol. The molecule has 2 heteroatoms. The highest BCUT2D eigenvalue weighted by Crippen LogP contribution is 2.28. The molecule has 1 saturated carbocycles. The van der Waals surface area contributed by atoms with E-state index in [9.17, 15) is 4.79 Å².